The first-order valence-corrected chi connectivity index (χ1v) is 4.76. The Morgan fingerprint density at radius 1 is 1.23 bits per heavy atom. The summed E-state index contributed by atoms with van der Waals surface area (Å²) in [6, 6.07) is 6.40. The van der Waals surface area contributed by atoms with E-state index in [1.54, 1.807) is 7.11 Å². The third-order valence-corrected chi connectivity index (χ3v) is 1.99. The van der Waals surface area contributed by atoms with Gasteiger partial charge in [-0.2, -0.15) is 0 Å². The van der Waals surface area contributed by atoms with Crippen LogP contribution in [0.3, 0.4) is 0 Å². The third-order valence-electron chi connectivity index (χ3n) is 1.99. The van der Waals surface area contributed by atoms with Crippen LogP contribution in [0.5, 0.6) is 5.75 Å². The van der Waals surface area contributed by atoms with Crippen LogP contribution in [0.25, 0.3) is 0 Å². The lowest BCUT2D eigenvalue weighted by Crippen LogP contribution is -1.95. The highest BCUT2D eigenvalue weighted by Crippen LogP contribution is 2.18. The maximum absolute atomic E-state index is 5.22. The van der Waals surface area contributed by atoms with Gasteiger partial charge in [0, 0.05) is 0 Å². The van der Waals surface area contributed by atoms with Crippen molar-refractivity contribution >= 4 is 0 Å². The molecule has 72 valence electrons. The van der Waals surface area contributed by atoms with Crippen molar-refractivity contribution in [3.05, 3.63) is 29.3 Å². The molecule has 13 heavy (non-hydrogen) atoms. The molecule has 0 saturated carbocycles. The zero-order chi connectivity index (χ0) is 9.84. The number of methoxy groups -OCH3 is 1. The van der Waals surface area contributed by atoms with Gasteiger partial charge >= 0.3 is 0 Å². The fraction of sp³-hybridized carbons (Fsp3) is 0.500. The Morgan fingerprint density at radius 3 is 2.46 bits per heavy atom. The van der Waals surface area contributed by atoms with Crippen molar-refractivity contribution in [2.45, 2.75) is 27.2 Å². The van der Waals surface area contributed by atoms with Crippen molar-refractivity contribution in [3.63, 3.8) is 0 Å². The number of hydrogen-bond donors (Lipinski definition) is 0. The van der Waals surface area contributed by atoms with Gasteiger partial charge in [0.2, 0.25) is 0 Å². The number of benzene rings is 1. The fourth-order valence-corrected chi connectivity index (χ4v) is 1.53. The SMILES string of the molecule is COc1cc(C)cc(CC(C)C)c1. The predicted octanol–water partition coefficient (Wildman–Crippen LogP) is 3.20. The number of hydrogen-bond acceptors (Lipinski definition) is 1. The quantitative estimate of drug-likeness (QED) is 0.690. The molecule has 0 bridgehead atoms. The largest absolute Gasteiger partial charge is 0.497 e. The van der Waals surface area contributed by atoms with Crippen molar-refractivity contribution in [1.82, 2.24) is 0 Å². The maximum atomic E-state index is 5.22. The van der Waals surface area contributed by atoms with E-state index in [2.05, 4.69) is 39.0 Å². The van der Waals surface area contributed by atoms with Crippen molar-refractivity contribution in [1.29, 1.82) is 0 Å². The minimum Gasteiger partial charge on any atom is -0.497 e. The van der Waals surface area contributed by atoms with E-state index in [1.165, 1.54) is 11.1 Å². The van der Waals surface area contributed by atoms with Gasteiger partial charge < -0.3 is 4.74 Å². The van der Waals surface area contributed by atoms with Crippen LogP contribution in [0.2, 0.25) is 0 Å². The Bertz CT molecular complexity index is 276. The van der Waals surface area contributed by atoms with Crippen LogP contribution < -0.4 is 4.74 Å². The Labute approximate surface area is 80.7 Å². The minimum absolute atomic E-state index is 0.700. The maximum Gasteiger partial charge on any atom is 0.119 e. The highest BCUT2D eigenvalue weighted by molar-refractivity contribution is 5.33. The van der Waals surface area contributed by atoms with Crippen molar-refractivity contribution < 1.29 is 4.74 Å². The molecule has 0 aromatic heterocycles. The summed E-state index contributed by atoms with van der Waals surface area (Å²) in [5, 5.41) is 0. The molecule has 0 amide bonds. The second-order valence-electron chi connectivity index (χ2n) is 3.96. The molecule has 1 aromatic rings. The third kappa shape index (κ3) is 3.10. The van der Waals surface area contributed by atoms with Gasteiger partial charge in [-0.1, -0.05) is 19.9 Å². The smallest absolute Gasteiger partial charge is 0.119 e. The summed E-state index contributed by atoms with van der Waals surface area (Å²) < 4.78 is 5.22. The number of rotatable bonds is 3. The van der Waals surface area contributed by atoms with Crippen LogP contribution >= 0.6 is 0 Å². The van der Waals surface area contributed by atoms with Crippen LogP contribution in [0, 0.1) is 12.8 Å². The Hall–Kier alpha value is -0.980. The summed E-state index contributed by atoms with van der Waals surface area (Å²) in [4.78, 5) is 0. The summed E-state index contributed by atoms with van der Waals surface area (Å²) >= 11 is 0. The van der Waals surface area contributed by atoms with Crippen LogP contribution in [0.4, 0.5) is 0 Å². The molecule has 1 aromatic carbocycles. The standard InChI is InChI=1S/C12H18O/c1-9(2)5-11-6-10(3)7-12(8-11)13-4/h6-9H,5H2,1-4H3. The molecule has 0 fully saturated rings. The van der Waals surface area contributed by atoms with Gasteiger partial charge in [-0.3, -0.25) is 0 Å². The monoisotopic (exact) mass is 178 g/mol. The first kappa shape index (κ1) is 10.1. The fourth-order valence-electron chi connectivity index (χ4n) is 1.53. The van der Waals surface area contributed by atoms with Gasteiger partial charge in [0.1, 0.15) is 5.75 Å². The van der Waals surface area contributed by atoms with Gasteiger partial charge in [-0.15, -0.1) is 0 Å². The molecule has 0 saturated heterocycles. The van der Waals surface area contributed by atoms with E-state index in [0.717, 1.165) is 12.2 Å². The van der Waals surface area contributed by atoms with E-state index >= 15 is 0 Å². The molecule has 0 unspecified atom stereocenters. The summed E-state index contributed by atoms with van der Waals surface area (Å²) in [6.45, 7) is 6.57. The molecule has 0 aliphatic heterocycles. The van der Waals surface area contributed by atoms with Crippen LogP contribution in [0.15, 0.2) is 18.2 Å². The van der Waals surface area contributed by atoms with Crippen LogP contribution in [-0.2, 0) is 6.42 Å². The second kappa shape index (κ2) is 4.31. The van der Waals surface area contributed by atoms with Gasteiger partial charge in [0.15, 0.2) is 0 Å². The summed E-state index contributed by atoms with van der Waals surface area (Å²) in [7, 11) is 1.72. The summed E-state index contributed by atoms with van der Waals surface area (Å²) in [6.07, 6.45) is 1.12. The second-order valence-corrected chi connectivity index (χ2v) is 3.96. The Balaban J connectivity index is 2.88. The lowest BCUT2D eigenvalue weighted by atomic mass is 10.0. The van der Waals surface area contributed by atoms with Gasteiger partial charge in [0.05, 0.1) is 7.11 Å². The highest BCUT2D eigenvalue weighted by atomic mass is 16.5. The first-order chi connectivity index (χ1) is 6.11. The topological polar surface area (TPSA) is 9.23 Å². The molecule has 1 heteroatoms. The van der Waals surface area contributed by atoms with E-state index < -0.39 is 0 Å². The molecule has 0 aliphatic carbocycles. The summed E-state index contributed by atoms with van der Waals surface area (Å²) in [5.41, 5.74) is 2.64. The molecule has 0 aliphatic rings. The van der Waals surface area contributed by atoms with Gasteiger partial charge in [-0.05, 0) is 42.5 Å². The number of aryl methyl sites for hydroxylation is 1. The molecule has 1 rings (SSSR count). The molecular weight excluding hydrogens is 160 g/mol. The van der Waals surface area contributed by atoms with Crippen molar-refractivity contribution in [3.8, 4) is 5.75 Å². The van der Waals surface area contributed by atoms with E-state index in [9.17, 15) is 0 Å². The van der Waals surface area contributed by atoms with Crippen molar-refractivity contribution in [2.75, 3.05) is 7.11 Å². The Kier molecular flexibility index (Phi) is 3.35. The van der Waals surface area contributed by atoms with E-state index in [4.69, 9.17) is 4.74 Å². The zero-order valence-electron chi connectivity index (χ0n) is 8.92. The molecule has 0 radical (unpaired) electrons. The number of ether oxygens (including phenoxy) is 1. The van der Waals surface area contributed by atoms with Crippen molar-refractivity contribution in [2.24, 2.45) is 5.92 Å². The molecule has 0 heterocycles. The average Bonchev–Trinajstić information content (AvgIpc) is 2.01. The normalized spacial score (nSPS) is 10.5. The molecule has 0 atom stereocenters. The first-order valence-electron chi connectivity index (χ1n) is 4.76. The van der Waals surface area contributed by atoms with Crippen LogP contribution in [0.1, 0.15) is 25.0 Å². The van der Waals surface area contributed by atoms with E-state index in [1.807, 2.05) is 0 Å². The lowest BCUT2D eigenvalue weighted by molar-refractivity contribution is 0.413. The molecule has 0 spiro atoms. The van der Waals surface area contributed by atoms with E-state index in [0.29, 0.717) is 5.92 Å². The highest BCUT2D eigenvalue weighted by Gasteiger charge is 2.00. The van der Waals surface area contributed by atoms with E-state index in [-0.39, 0.29) is 0 Å². The molecular formula is C12H18O. The van der Waals surface area contributed by atoms with Gasteiger partial charge in [0.25, 0.3) is 0 Å². The minimum atomic E-state index is 0.700. The summed E-state index contributed by atoms with van der Waals surface area (Å²) in [5.74, 6) is 1.67. The lowest BCUT2D eigenvalue weighted by Gasteiger charge is -2.08. The zero-order valence-corrected chi connectivity index (χ0v) is 8.92. The molecule has 0 N–H and O–H groups in total. The van der Waals surface area contributed by atoms with Gasteiger partial charge in [-0.25, -0.2) is 0 Å². The predicted molar refractivity (Wildman–Crippen MR) is 56.3 cm³/mol. The molecule has 1 nitrogen and oxygen atoms in total. The Morgan fingerprint density at radius 2 is 1.92 bits per heavy atom. The average molecular weight is 178 g/mol. The van der Waals surface area contributed by atoms with Crippen LogP contribution in [-0.4, -0.2) is 7.11 Å².